The molecule has 0 fully saturated rings. The van der Waals surface area contributed by atoms with Crippen LogP contribution in [0.5, 0.6) is 0 Å². The van der Waals surface area contributed by atoms with Gasteiger partial charge >= 0.3 is 0 Å². The zero-order valence-electron chi connectivity index (χ0n) is 16.0. The van der Waals surface area contributed by atoms with E-state index >= 15 is 0 Å². The Balaban J connectivity index is 0.000000418. The first kappa shape index (κ1) is 21.3. The lowest BCUT2D eigenvalue weighted by Crippen LogP contribution is -2.58. The van der Waals surface area contributed by atoms with Crippen molar-refractivity contribution in [1.29, 1.82) is 0 Å². The van der Waals surface area contributed by atoms with Gasteiger partial charge < -0.3 is 5.73 Å². The summed E-state index contributed by atoms with van der Waals surface area (Å²) >= 11 is 6.10. The molecule has 5 rings (SSSR count). The fourth-order valence-electron chi connectivity index (χ4n) is 3.68. The lowest BCUT2D eigenvalue weighted by Gasteiger charge is -2.14. The highest BCUT2D eigenvalue weighted by Crippen LogP contribution is 2.39. The van der Waals surface area contributed by atoms with Crippen LogP contribution in [0.3, 0.4) is 0 Å². The first-order valence-corrected chi connectivity index (χ1v) is 10.8. The Kier molecular flexibility index (Phi) is 5.68. The standard InChI is InChI=1S/C23H15ClN2.ClHO4/c24-16-11-9-14(10-12-16)20-13-15-5-1-2-6-17(15)22-21(20)18-7-3-4-8-19(18)23(25)26-22;2-1(3,4)5/h1-13H,(H2,25,26);(H,2,3,4,5). The number of fused-ring (bicyclic) bond motifs is 5. The number of pyridine rings is 1. The minimum atomic E-state index is -4.69. The summed E-state index contributed by atoms with van der Waals surface area (Å²) in [5.41, 5.74) is 9.48. The zero-order chi connectivity index (χ0) is 22.2. The second-order valence-corrected chi connectivity index (χ2v) is 8.04. The fraction of sp³-hybridized carbons (Fsp3) is 0. The van der Waals surface area contributed by atoms with E-state index in [1.54, 1.807) is 0 Å². The molecule has 0 saturated carbocycles. The lowest BCUT2D eigenvalue weighted by atomic mass is 9.92. The van der Waals surface area contributed by atoms with Crippen LogP contribution in [0.2, 0.25) is 5.02 Å². The summed E-state index contributed by atoms with van der Waals surface area (Å²) in [4.78, 5) is 4.79. The fourth-order valence-corrected chi connectivity index (χ4v) is 3.81. The molecule has 0 aliphatic rings. The number of hydrogen-bond donors (Lipinski definition) is 2. The van der Waals surface area contributed by atoms with Gasteiger partial charge in [-0.2, -0.15) is 14.0 Å². The average Bonchev–Trinajstić information content (AvgIpc) is 2.73. The smallest absolute Gasteiger partial charge is 0.132 e. The van der Waals surface area contributed by atoms with Gasteiger partial charge in [0.25, 0.3) is 0 Å². The predicted molar refractivity (Wildman–Crippen MR) is 114 cm³/mol. The Morgan fingerprint density at radius 1 is 0.806 bits per heavy atom. The Morgan fingerprint density at radius 3 is 2.00 bits per heavy atom. The number of rotatable bonds is 1. The number of nitrogens with zero attached hydrogens (tertiary/aromatic N) is 1. The highest BCUT2D eigenvalue weighted by Gasteiger charge is 2.14. The SMILES string of the molecule is Nc1nc2c3ccccc3cc(-c3ccc(Cl)cc3)c2c2ccccc12.[O-][Cl+3]([O-])([O-])O. The minimum Gasteiger partial charge on any atom is -0.383 e. The molecule has 6 nitrogen and oxygen atoms in total. The van der Waals surface area contributed by atoms with Crippen molar-refractivity contribution in [3.63, 3.8) is 0 Å². The average molecular weight is 455 g/mol. The van der Waals surface area contributed by atoms with Crippen LogP contribution in [0.4, 0.5) is 5.82 Å². The molecule has 0 aliphatic carbocycles. The first-order chi connectivity index (χ1) is 14.7. The van der Waals surface area contributed by atoms with E-state index in [2.05, 4.69) is 36.4 Å². The minimum absolute atomic E-state index is 0.562. The Hall–Kier alpha value is -2.97. The van der Waals surface area contributed by atoms with Crippen LogP contribution in [0.25, 0.3) is 43.6 Å². The van der Waals surface area contributed by atoms with Crippen molar-refractivity contribution < 1.29 is 28.9 Å². The van der Waals surface area contributed by atoms with Crippen molar-refractivity contribution >= 4 is 49.9 Å². The van der Waals surface area contributed by atoms with Gasteiger partial charge in [-0.1, -0.05) is 72.3 Å². The highest BCUT2D eigenvalue weighted by atomic mass is 35.7. The number of aromatic nitrogens is 1. The van der Waals surface area contributed by atoms with Crippen LogP contribution >= 0.6 is 11.6 Å². The van der Waals surface area contributed by atoms with Gasteiger partial charge in [-0.15, -0.1) is 0 Å². The van der Waals surface area contributed by atoms with Crippen molar-refractivity contribution in [2.45, 2.75) is 0 Å². The third-order valence-corrected chi connectivity index (χ3v) is 5.13. The summed E-state index contributed by atoms with van der Waals surface area (Å²) in [7, 11) is -4.69. The molecule has 0 unspecified atom stereocenters. The molecule has 0 radical (unpaired) electrons. The van der Waals surface area contributed by atoms with E-state index in [-0.39, 0.29) is 0 Å². The predicted octanol–water partition coefficient (Wildman–Crippen LogP) is 2.32. The molecule has 0 bridgehead atoms. The van der Waals surface area contributed by atoms with E-state index in [0.717, 1.165) is 48.6 Å². The van der Waals surface area contributed by atoms with Gasteiger partial charge in [-0.05, 0) is 40.1 Å². The van der Waals surface area contributed by atoms with Crippen LogP contribution in [-0.4, -0.2) is 9.64 Å². The van der Waals surface area contributed by atoms with Crippen molar-refractivity contribution in [2.24, 2.45) is 0 Å². The van der Waals surface area contributed by atoms with E-state index in [4.69, 9.17) is 41.0 Å². The Labute approximate surface area is 184 Å². The van der Waals surface area contributed by atoms with E-state index in [1.165, 1.54) is 0 Å². The van der Waals surface area contributed by atoms with Crippen LogP contribution in [0, 0.1) is 10.2 Å². The molecule has 31 heavy (non-hydrogen) atoms. The second kappa shape index (κ2) is 8.28. The molecule has 0 aliphatic heterocycles. The van der Waals surface area contributed by atoms with Gasteiger partial charge in [0.15, 0.2) is 0 Å². The third kappa shape index (κ3) is 4.55. The number of hydrogen-bond acceptors (Lipinski definition) is 6. The molecule has 0 spiro atoms. The normalized spacial score (nSPS) is 11.5. The molecule has 5 aromatic rings. The van der Waals surface area contributed by atoms with Crippen LogP contribution in [-0.2, 0) is 0 Å². The van der Waals surface area contributed by atoms with E-state index in [0.29, 0.717) is 5.82 Å². The van der Waals surface area contributed by atoms with Gasteiger partial charge in [-0.3, -0.25) is 0 Å². The molecular formula is C23H16Cl2N2O4. The molecule has 1 aromatic heterocycles. The largest absolute Gasteiger partial charge is 0.383 e. The zero-order valence-corrected chi connectivity index (χ0v) is 17.5. The van der Waals surface area contributed by atoms with Crippen LogP contribution in [0.1, 0.15) is 0 Å². The van der Waals surface area contributed by atoms with E-state index in [1.807, 2.05) is 42.5 Å². The van der Waals surface area contributed by atoms with E-state index in [9.17, 15) is 0 Å². The monoisotopic (exact) mass is 454 g/mol. The maximum Gasteiger partial charge on any atom is 0.132 e. The number of nitrogens with two attached hydrogens (primary N) is 1. The Bertz CT molecular complexity index is 1390. The summed E-state index contributed by atoms with van der Waals surface area (Å²) < 4.78 is 32.7. The molecule has 156 valence electrons. The molecule has 8 heteroatoms. The van der Waals surface area contributed by atoms with Crippen molar-refractivity contribution in [3.8, 4) is 11.1 Å². The lowest BCUT2D eigenvalue weighted by molar-refractivity contribution is -1.92. The maximum atomic E-state index is 8.60. The quantitative estimate of drug-likeness (QED) is 0.374. The summed E-state index contributed by atoms with van der Waals surface area (Å²) in [5.74, 6) is 0.562. The summed E-state index contributed by atoms with van der Waals surface area (Å²) in [6.07, 6.45) is 0. The van der Waals surface area contributed by atoms with Gasteiger partial charge in [0.1, 0.15) is 5.82 Å². The van der Waals surface area contributed by atoms with Crippen LogP contribution in [0.15, 0.2) is 78.9 Å². The van der Waals surface area contributed by atoms with Gasteiger partial charge in [0.2, 0.25) is 0 Å². The van der Waals surface area contributed by atoms with E-state index < -0.39 is 10.2 Å². The van der Waals surface area contributed by atoms with Gasteiger partial charge in [0.05, 0.1) is 20.4 Å². The van der Waals surface area contributed by atoms with Crippen molar-refractivity contribution in [1.82, 2.24) is 4.98 Å². The first-order valence-electron chi connectivity index (χ1n) is 9.11. The Morgan fingerprint density at radius 2 is 1.35 bits per heavy atom. The molecule has 0 saturated heterocycles. The highest BCUT2D eigenvalue weighted by molar-refractivity contribution is 6.30. The molecule has 3 N–H and O–H groups in total. The maximum absolute atomic E-state index is 8.60. The van der Waals surface area contributed by atoms with Crippen molar-refractivity contribution in [3.05, 3.63) is 83.9 Å². The van der Waals surface area contributed by atoms with Gasteiger partial charge in [0, 0.05) is 21.2 Å². The molecule has 0 amide bonds. The van der Waals surface area contributed by atoms with Crippen LogP contribution < -0.4 is 19.7 Å². The molecule has 1 heterocycles. The number of nitrogen functional groups attached to an aromatic ring is 1. The third-order valence-electron chi connectivity index (χ3n) is 4.88. The summed E-state index contributed by atoms with van der Waals surface area (Å²) in [6, 6.07) is 26.7. The van der Waals surface area contributed by atoms with Crippen molar-refractivity contribution in [2.75, 3.05) is 5.73 Å². The summed E-state index contributed by atoms with van der Waals surface area (Å²) in [5, 5.41) is 6.20. The molecular weight excluding hydrogens is 439 g/mol. The van der Waals surface area contributed by atoms with Gasteiger partial charge in [-0.25, -0.2) is 4.98 Å². The summed E-state index contributed by atoms with van der Waals surface area (Å²) in [6.45, 7) is 0. The topological polar surface area (TPSA) is 128 Å². The number of benzene rings is 4. The second-order valence-electron chi connectivity index (χ2n) is 6.81. The molecule has 0 atom stereocenters. The molecule has 4 aromatic carbocycles. The number of anilines is 1. The number of halogens is 2.